The smallest absolute Gasteiger partial charge is 0.339 e. The third-order valence-electron chi connectivity index (χ3n) is 6.46. The van der Waals surface area contributed by atoms with Gasteiger partial charge in [-0.25, -0.2) is 4.79 Å². The predicted octanol–water partition coefficient (Wildman–Crippen LogP) is 6.20. The molecular weight excluding hydrogens is 458 g/mol. The van der Waals surface area contributed by atoms with Gasteiger partial charge in [-0.1, -0.05) is 42.5 Å². The lowest BCUT2D eigenvalue weighted by Gasteiger charge is -2.18. The standard InChI is InChI=1S/C28H29N3O3S/c1-2-33-27(32)26-22-14-23(34-18-10-4-5-11-18)21(15-24(22)35-25(26)16-31-28(29)30)20-13-7-9-17-8-3-6-12-19(17)20/h3,6-9,12-15,18H,2,4-5,10-11,16H2,1H3,(H4,29,30,31). The summed E-state index contributed by atoms with van der Waals surface area (Å²) in [4.78, 5) is 13.8. The van der Waals surface area contributed by atoms with Crippen molar-refractivity contribution in [2.24, 2.45) is 5.73 Å². The molecular formula is C28H29N3O3S. The van der Waals surface area contributed by atoms with Crippen molar-refractivity contribution >= 4 is 44.1 Å². The number of esters is 1. The Morgan fingerprint density at radius 1 is 1.09 bits per heavy atom. The van der Waals surface area contributed by atoms with Crippen LogP contribution in [0.25, 0.3) is 32.0 Å². The molecule has 0 atom stereocenters. The molecule has 5 rings (SSSR count). The van der Waals surface area contributed by atoms with Gasteiger partial charge in [0.05, 0.1) is 24.8 Å². The molecule has 1 fully saturated rings. The first-order chi connectivity index (χ1) is 17.0. The number of carbonyl (C=O) groups is 1. The van der Waals surface area contributed by atoms with E-state index in [0.29, 0.717) is 5.56 Å². The summed E-state index contributed by atoms with van der Waals surface area (Å²) in [6, 6.07) is 18.8. The fourth-order valence-electron chi connectivity index (χ4n) is 4.85. The minimum atomic E-state index is -0.371. The van der Waals surface area contributed by atoms with E-state index >= 15 is 0 Å². The highest BCUT2D eigenvalue weighted by molar-refractivity contribution is 7.19. The average molecular weight is 488 g/mol. The molecule has 35 heavy (non-hydrogen) atoms. The number of hydrogen-bond acceptors (Lipinski definition) is 5. The SMILES string of the molecule is CCOC(=O)c1c(CNC(=N)N)sc2cc(-c3cccc4ccccc34)c(OC3CCCC3)cc12. The van der Waals surface area contributed by atoms with Crippen LogP contribution in [0.3, 0.4) is 0 Å². The van der Waals surface area contributed by atoms with Gasteiger partial charge in [0.2, 0.25) is 0 Å². The molecule has 6 nitrogen and oxygen atoms in total. The maximum absolute atomic E-state index is 13.0. The molecule has 1 aliphatic rings. The van der Waals surface area contributed by atoms with Crippen LogP contribution < -0.4 is 15.8 Å². The van der Waals surface area contributed by atoms with Gasteiger partial charge in [-0.05, 0) is 61.1 Å². The summed E-state index contributed by atoms with van der Waals surface area (Å²) in [7, 11) is 0. The number of ether oxygens (including phenoxy) is 2. The molecule has 0 saturated heterocycles. The Kier molecular flexibility index (Phi) is 6.59. The monoisotopic (exact) mass is 487 g/mol. The van der Waals surface area contributed by atoms with Crippen LogP contribution in [0, 0.1) is 5.41 Å². The summed E-state index contributed by atoms with van der Waals surface area (Å²) in [5.74, 6) is 0.276. The fourth-order valence-corrected chi connectivity index (χ4v) is 6.01. The molecule has 1 saturated carbocycles. The van der Waals surface area contributed by atoms with Crippen molar-refractivity contribution in [3.63, 3.8) is 0 Å². The highest BCUT2D eigenvalue weighted by atomic mass is 32.1. The number of nitrogens with two attached hydrogens (primary N) is 1. The molecule has 0 amide bonds. The van der Waals surface area contributed by atoms with Crippen molar-refractivity contribution in [3.8, 4) is 16.9 Å². The van der Waals surface area contributed by atoms with Crippen molar-refractivity contribution in [1.82, 2.24) is 5.32 Å². The van der Waals surface area contributed by atoms with E-state index in [0.717, 1.165) is 50.1 Å². The van der Waals surface area contributed by atoms with E-state index in [1.54, 1.807) is 6.92 Å². The van der Waals surface area contributed by atoms with Crippen molar-refractivity contribution < 1.29 is 14.3 Å². The Bertz CT molecular complexity index is 1400. The van der Waals surface area contributed by atoms with Gasteiger partial charge in [0.1, 0.15) is 5.75 Å². The third kappa shape index (κ3) is 4.68. The zero-order chi connectivity index (χ0) is 24.4. The molecule has 180 valence electrons. The molecule has 0 bridgehead atoms. The van der Waals surface area contributed by atoms with Gasteiger partial charge in [0.15, 0.2) is 5.96 Å². The van der Waals surface area contributed by atoms with Gasteiger partial charge in [0, 0.05) is 20.5 Å². The maximum atomic E-state index is 13.0. The first kappa shape index (κ1) is 23.2. The van der Waals surface area contributed by atoms with E-state index < -0.39 is 0 Å². The minimum Gasteiger partial charge on any atom is -0.490 e. The van der Waals surface area contributed by atoms with Crippen molar-refractivity contribution in [1.29, 1.82) is 5.41 Å². The van der Waals surface area contributed by atoms with Gasteiger partial charge in [-0.2, -0.15) is 0 Å². The van der Waals surface area contributed by atoms with Crippen LogP contribution in [0.5, 0.6) is 5.75 Å². The number of fused-ring (bicyclic) bond motifs is 2. The van der Waals surface area contributed by atoms with Crippen molar-refractivity contribution in [2.45, 2.75) is 45.3 Å². The van der Waals surface area contributed by atoms with Crippen LogP contribution in [0.1, 0.15) is 47.8 Å². The molecule has 0 spiro atoms. The van der Waals surface area contributed by atoms with Gasteiger partial charge in [-0.3, -0.25) is 5.41 Å². The predicted molar refractivity (Wildman–Crippen MR) is 142 cm³/mol. The van der Waals surface area contributed by atoms with E-state index in [-0.39, 0.29) is 31.2 Å². The highest BCUT2D eigenvalue weighted by Crippen LogP contribution is 2.43. The first-order valence-electron chi connectivity index (χ1n) is 12.0. The quantitative estimate of drug-likeness (QED) is 0.164. The zero-order valence-electron chi connectivity index (χ0n) is 19.7. The number of carbonyl (C=O) groups excluding carboxylic acids is 1. The zero-order valence-corrected chi connectivity index (χ0v) is 20.5. The van der Waals surface area contributed by atoms with Gasteiger partial charge >= 0.3 is 5.97 Å². The lowest BCUT2D eigenvalue weighted by Crippen LogP contribution is -2.29. The van der Waals surface area contributed by atoms with Gasteiger partial charge in [0.25, 0.3) is 0 Å². The first-order valence-corrected chi connectivity index (χ1v) is 12.9. The summed E-state index contributed by atoms with van der Waals surface area (Å²) >= 11 is 1.51. The van der Waals surface area contributed by atoms with Crippen molar-refractivity contribution in [3.05, 3.63) is 65.0 Å². The summed E-state index contributed by atoms with van der Waals surface area (Å²) in [5, 5.41) is 13.5. The normalized spacial score (nSPS) is 13.9. The van der Waals surface area contributed by atoms with Crippen LogP contribution in [0.4, 0.5) is 0 Å². The molecule has 3 aromatic carbocycles. The Morgan fingerprint density at radius 3 is 2.63 bits per heavy atom. The van der Waals surface area contributed by atoms with Crippen LogP contribution >= 0.6 is 11.3 Å². The van der Waals surface area contributed by atoms with Gasteiger partial charge < -0.3 is 20.5 Å². The van der Waals surface area contributed by atoms with E-state index in [2.05, 4.69) is 47.8 Å². The topological polar surface area (TPSA) is 97.4 Å². The molecule has 1 aromatic heterocycles. The summed E-state index contributed by atoms with van der Waals surface area (Å²) in [6.45, 7) is 2.37. The molecule has 0 unspecified atom stereocenters. The lowest BCUT2D eigenvalue weighted by molar-refractivity contribution is 0.0528. The van der Waals surface area contributed by atoms with Crippen LogP contribution in [0.15, 0.2) is 54.6 Å². The highest BCUT2D eigenvalue weighted by Gasteiger charge is 2.25. The molecule has 1 aliphatic carbocycles. The summed E-state index contributed by atoms with van der Waals surface area (Å²) in [5.41, 5.74) is 8.17. The molecule has 7 heteroatoms. The number of benzene rings is 3. The molecule has 4 aromatic rings. The van der Waals surface area contributed by atoms with Crippen LogP contribution in [-0.4, -0.2) is 24.6 Å². The maximum Gasteiger partial charge on any atom is 0.339 e. The van der Waals surface area contributed by atoms with Crippen molar-refractivity contribution in [2.75, 3.05) is 6.61 Å². The van der Waals surface area contributed by atoms with Crippen LogP contribution in [-0.2, 0) is 11.3 Å². The second kappa shape index (κ2) is 9.96. The number of thiophene rings is 1. The number of nitrogens with one attached hydrogen (secondary N) is 2. The minimum absolute atomic E-state index is 0.140. The molecule has 1 heterocycles. The summed E-state index contributed by atoms with van der Waals surface area (Å²) in [6.07, 6.45) is 4.59. The van der Waals surface area contributed by atoms with E-state index in [1.807, 2.05) is 12.1 Å². The number of rotatable bonds is 7. The average Bonchev–Trinajstić information content (AvgIpc) is 3.49. The summed E-state index contributed by atoms with van der Waals surface area (Å²) < 4.78 is 13.0. The van der Waals surface area contributed by atoms with E-state index in [9.17, 15) is 4.79 Å². The Labute approximate surface area is 208 Å². The Hall–Kier alpha value is -3.58. The molecule has 0 aliphatic heterocycles. The fraction of sp³-hybridized carbons (Fsp3) is 0.286. The van der Waals surface area contributed by atoms with E-state index in [1.165, 1.54) is 29.6 Å². The third-order valence-corrected chi connectivity index (χ3v) is 7.61. The Balaban J connectivity index is 1.72. The van der Waals surface area contributed by atoms with Gasteiger partial charge in [-0.15, -0.1) is 11.3 Å². The number of hydrogen-bond donors (Lipinski definition) is 3. The number of guanidine groups is 1. The molecule has 0 radical (unpaired) electrons. The Morgan fingerprint density at radius 2 is 1.86 bits per heavy atom. The largest absolute Gasteiger partial charge is 0.490 e. The second-order valence-corrected chi connectivity index (χ2v) is 9.92. The lowest BCUT2D eigenvalue weighted by atomic mass is 9.96. The second-order valence-electron chi connectivity index (χ2n) is 8.78. The van der Waals surface area contributed by atoms with E-state index in [4.69, 9.17) is 20.6 Å². The molecule has 4 N–H and O–H groups in total. The van der Waals surface area contributed by atoms with Crippen LogP contribution in [0.2, 0.25) is 0 Å².